The van der Waals surface area contributed by atoms with Gasteiger partial charge in [0.1, 0.15) is 11.8 Å². The number of rotatable bonds is 1. The smallest absolute Gasteiger partial charge is 0.219 e. The van der Waals surface area contributed by atoms with E-state index in [0.29, 0.717) is 6.54 Å². The maximum absolute atomic E-state index is 11.9. The quantitative estimate of drug-likeness (QED) is 0.811. The molecular formula is C18H20N2O2. The molecule has 0 N–H and O–H groups in total. The Morgan fingerprint density at radius 2 is 2.00 bits per heavy atom. The van der Waals surface area contributed by atoms with Gasteiger partial charge in [-0.1, -0.05) is 18.2 Å². The van der Waals surface area contributed by atoms with Crippen molar-refractivity contribution in [3.63, 3.8) is 0 Å². The number of carbonyl (C=O) groups excluding carboxylic acids is 1. The Kier molecular flexibility index (Phi) is 2.99. The molecule has 1 aromatic heterocycles. The Bertz CT molecular complexity index is 695. The summed E-state index contributed by atoms with van der Waals surface area (Å²) in [5.74, 6) is 1.08. The molecule has 1 amide bonds. The van der Waals surface area contributed by atoms with E-state index in [1.165, 1.54) is 5.56 Å². The van der Waals surface area contributed by atoms with Crippen LogP contribution in [-0.2, 0) is 4.79 Å². The Morgan fingerprint density at radius 3 is 2.77 bits per heavy atom. The molecule has 1 spiro atoms. The lowest BCUT2D eigenvalue weighted by Crippen LogP contribution is -2.55. The number of aromatic nitrogens is 1. The molecule has 0 bridgehead atoms. The number of amides is 1. The second-order valence-electron chi connectivity index (χ2n) is 6.28. The molecule has 114 valence electrons. The highest BCUT2D eigenvalue weighted by atomic mass is 16.5. The molecule has 2 atom stereocenters. The first-order chi connectivity index (χ1) is 10.7. The van der Waals surface area contributed by atoms with Crippen LogP contribution in [-0.4, -0.2) is 34.1 Å². The highest BCUT2D eigenvalue weighted by Gasteiger charge is 2.51. The molecule has 2 aliphatic rings. The van der Waals surface area contributed by atoms with E-state index in [4.69, 9.17) is 4.74 Å². The third-order valence-electron chi connectivity index (χ3n) is 4.88. The zero-order valence-corrected chi connectivity index (χ0v) is 12.7. The van der Waals surface area contributed by atoms with Gasteiger partial charge in [-0.05, 0) is 31.0 Å². The SMILES string of the molecule is CC(=O)N1CCCC2(C1)Oc1ccccc1C2n1cccc1. The van der Waals surface area contributed by atoms with Gasteiger partial charge in [0, 0.05) is 31.4 Å². The average molecular weight is 296 g/mol. The largest absolute Gasteiger partial charge is 0.483 e. The summed E-state index contributed by atoms with van der Waals surface area (Å²) in [6, 6.07) is 12.5. The monoisotopic (exact) mass is 296 g/mol. The van der Waals surface area contributed by atoms with E-state index in [-0.39, 0.29) is 17.6 Å². The molecule has 22 heavy (non-hydrogen) atoms. The minimum Gasteiger partial charge on any atom is -0.483 e. The topological polar surface area (TPSA) is 34.5 Å². The third kappa shape index (κ3) is 1.94. The zero-order chi connectivity index (χ0) is 15.2. The molecule has 1 saturated heterocycles. The van der Waals surface area contributed by atoms with Crippen molar-refractivity contribution in [2.45, 2.75) is 31.4 Å². The molecule has 4 rings (SSSR count). The van der Waals surface area contributed by atoms with Gasteiger partial charge in [0.2, 0.25) is 5.91 Å². The van der Waals surface area contributed by atoms with E-state index in [0.717, 1.165) is 25.1 Å². The second-order valence-corrected chi connectivity index (χ2v) is 6.28. The minimum atomic E-state index is -0.355. The standard InChI is InChI=1S/C18H20N2O2/c1-14(21)20-12-6-9-18(13-20)17(19-10-4-5-11-19)15-7-2-3-8-16(15)22-18/h2-5,7-8,10-11,17H,6,9,12-13H2,1H3. The number of carbonyl (C=O) groups is 1. The maximum atomic E-state index is 11.9. The van der Waals surface area contributed by atoms with Crippen LogP contribution >= 0.6 is 0 Å². The van der Waals surface area contributed by atoms with Crippen LogP contribution < -0.4 is 4.74 Å². The third-order valence-corrected chi connectivity index (χ3v) is 4.88. The van der Waals surface area contributed by atoms with Gasteiger partial charge in [0.05, 0.1) is 6.54 Å². The van der Waals surface area contributed by atoms with Gasteiger partial charge in [-0.25, -0.2) is 0 Å². The summed E-state index contributed by atoms with van der Waals surface area (Å²) in [5.41, 5.74) is 0.858. The molecule has 0 saturated carbocycles. The highest BCUT2D eigenvalue weighted by molar-refractivity contribution is 5.73. The van der Waals surface area contributed by atoms with Crippen LogP contribution in [0.15, 0.2) is 48.8 Å². The second kappa shape index (κ2) is 4.90. The Balaban J connectivity index is 1.80. The number of ether oxygens (including phenoxy) is 1. The Morgan fingerprint density at radius 1 is 1.23 bits per heavy atom. The number of hydrogen-bond acceptors (Lipinski definition) is 2. The van der Waals surface area contributed by atoms with E-state index in [9.17, 15) is 4.79 Å². The van der Waals surface area contributed by atoms with Crippen LogP contribution in [0.3, 0.4) is 0 Å². The lowest BCUT2D eigenvalue weighted by atomic mass is 9.83. The Labute approximate surface area is 130 Å². The summed E-state index contributed by atoms with van der Waals surface area (Å²) >= 11 is 0. The number of fused-ring (bicyclic) bond motifs is 1. The van der Waals surface area contributed by atoms with Gasteiger partial charge in [0.25, 0.3) is 0 Å². The van der Waals surface area contributed by atoms with Crippen molar-refractivity contribution in [1.29, 1.82) is 0 Å². The first kappa shape index (κ1) is 13.4. The molecule has 1 aromatic carbocycles. The first-order valence-corrected chi connectivity index (χ1v) is 7.85. The fourth-order valence-corrected chi connectivity index (χ4v) is 3.94. The van der Waals surface area contributed by atoms with Crippen molar-refractivity contribution >= 4 is 5.91 Å². The highest BCUT2D eigenvalue weighted by Crippen LogP contribution is 2.49. The van der Waals surface area contributed by atoms with Gasteiger partial charge in [-0.15, -0.1) is 0 Å². The molecular weight excluding hydrogens is 276 g/mol. The number of para-hydroxylation sites is 1. The van der Waals surface area contributed by atoms with Crippen molar-refractivity contribution < 1.29 is 9.53 Å². The number of likely N-dealkylation sites (tertiary alicyclic amines) is 1. The van der Waals surface area contributed by atoms with Crippen LogP contribution in [0.5, 0.6) is 5.75 Å². The van der Waals surface area contributed by atoms with E-state index in [1.54, 1.807) is 6.92 Å². The molecule has 0 radical (unpaired) electrons. The average Bonchev–Trinajstić information content (AvgIpc) is 3.12. The molecule has 0 aliphatic carbocycles. The first-order valence-electron chi connectivity index (χ1n) is 7.85. The summed E-state index contributed by atoms with van der Waals surface area (Å²) in [6.07, 6.45) is 6.12. The van der Waals surface area contributed by atoms with Crippen molar-refractivity contribution in [1.82, 2.24) is 9.47 Å². The minimum absolute atomic E-state index is 0.126. The summed E-state index contributed by atoms with van der Waals surface area (Å²) in [6.45, 7) is 3.13. The van der Waals surface area contributed by atoms with E-state index in [2.05, 4.69) is 29.1 Å². The summed E-state index contributed by atoms with van der Waals surface area (Å²) in [5, 5.41) is 0. The molecule has 2 aliphatic heterocycles. The van der Waals surface area contributed by atoms with E-state index >= 15 is 0 Å². The Hall–Kier alpha value is -2.23. The van der Waals surface area contributed by atoms with Crippen molar-refractivity contribution in [2.24, 2.45) is 0 Å². The summed E-state index contributed by atoms with van der Waals surface area (Å²) in [7, 11) is 0. The van der Waals surface area contributed by atoms with Gasteiger partial charge in [-0.2, -0.15) is 0 Å². The van der Waals surface area contributed by atoms with E-state index in [1.807, 2.05) is 29.2 Å². The predicted molar refractivity (Wildman–Crippen MR) is 83.9 cm³/mol. The number of hydrogen-bond donors (Lipinski definition) is 0. The lowest BCUT2D eigenvalue weighted by molar-refractivity contribution is -0.135. The van der Waals surface area contributed by atoms with Crippen LogP contribution in [0.25, 0.3) is 0 Å². The van der Waals surface area contributed by atoms with Crippen LogP contribution in [0.2, 0.25) is 0 Å². The van der Waals surface area contributed by atoms with Crippen LogP contribution in [0, 0.1) is 0 Å². The number of piperidine rings is 1. The maximum Gasteiger partial charge on any atom is 0.219 e. The van der Waals surface area contributed by atoms with E-state index < -0.39 is 0 Å². The predicted octanol–water partition coefficient (Wildman–Crippen LogP) is 2.85. The summed E-state index contributed by atoms with van der Waals surface area (Å²) < 4.78 is 8.66. The van der Waals surface area contributed by atoms with Gasteiger partial charge in [0.15, 0.2) is 5.60 Å². The molecule has 4 heteroatoms. The van der Waals surface area contributed by atoms with Crippen molar-refractivity contribution in [3.8, 4) is 5.75 Å². The van der Waals surface area contributed by atoms with Gasteiger partial charge < -0.3 is 14.2 Å². The van der Waals surface area contributed by atoms with Crippen LogP contribution in [0.4, 0.5) is 0 Å². The fourth-order valence-electron chi connectivity index (χ4n) is 3.94. The number of nitrogens with zero attached hydrogens (tertiary/aromatic N) is 2. The van der Waals surface area contributed by atoms with Gasteiger partial charge in [-0.3, -0.25) is 4.79 Å². The van der Waals surface area contributed by atoms with Gasteiger partial charge >= 0.3 is 0 Å². The molecule has 3 heterocycles. The molecule has 1 fully saturated rings. The number of benzene rings is 1. The lowest BCUT2D eigenvalue weighted by Gasteiger charge is -2.43. The fraction of sp³-hybridized carbons (Fsp3) is 0.389. The van der Waals surface area contributed by atoms with Crippen LogP contribution in [0.1, 0.15) is 31.4 Å². The molecule has 2 aromatic rings. The van der Waals surface area contributed by atoms with Crippen molar-refractivity contribution in [3.05, 3.63) is 54.4 Å². The molecule has 4 nitrogen and oxygen atoms in total. The normalized spacial score (nSPS) is 26.8. The summed E-state index contributed by atoms with van der Waals surface area (Å²) in [4.78, 5) is 13.8. The molecule has 2 unspecified atom stereocenters. The zero-order valence-electron chi connectivity index (χ0n) is 12.7. The van der Waals surface area contributed by atoms with Crippen molar-refractivity contribution in [2.75, 3.05) is 13.1 Å².